The van der Waals surface area contributed by atoms with Crippen molar-refractivity contribution in [1.29, 1.82) is 0 Å². The van der Waals surface area contributed by atoms with E-state index < -0.39 is 5.97 Å². The van der Waals surface area contributed by atoms with Gasteiger partial charge in [-0.1, -0.05) is 12.1 Å². The number of amides is 1. The standard InChI is InChI=1S/C22H30N2O4/c1-12(2)27-18-10-8-9-17(11-18)15(6)24-21(25)20-14(5)19(16(7)23-20)22(26)28-13(3)4/h8-13,15,23H,1-7H3,(H,24,25). The van der Waals surface area contributed by atoms with Crippen molar-refractivity contribution < 1.29 is 19.1 Å². The number of benzene rings is 1. The molecule has 0 spiro atoms. The molecule has 1 heterocycles. The summed E-state index contributed by atoms with van der Waals surface area (Å²) in [6.07, 6.45) is -0.146. The molecule has 1 aromatic heterocycles. The zero-order chi connectivity index (χ0) is 21.0. The maximum absolute atomic E-state index is 12.8. The number of carbonyl (C=O) groups is 2. The molecule has 0 aliphatic heterocycles. The maximum atomic E-state index is 12.8. The van der Waals surface area contributed by atoms with Crippen LogP contribution in [0.2, 0.25) is 0 Å². The minimum atomic E-state index is -0.424. The third kappa shape index (κ3) is 5.15. The molecular formula is C22H30N2O4. The quantitative estimate of drug-likeness (QED) is 0.688. The van der Waals surface area contributed by atoms with Crippen LogP contribution in [0.25, 0.3) is 0 Å². The Labute approximate surface area is 166 Å². The number of nitrogens with one attached hydrogen (secondary N) is 2. The highest BCUT2D eigenvalue weighted by Gasteiger charge is 2.24. The molecule has 6 nitrogen and oxygen atoms in total. The van der Waals surface area contributed by atoms with Crippen LogP contribution in [0, 0.1) is 13.8 Å². The molecule has 1 atom stereocenters. The lowest BCUT2D eigenvalue weighted by Gasteiger charge is -2.16. The molecule has 2 aromatic rings. The molecular weight excluding hydrogens is 356 g/mol. The van der Waals surface area contributed by atoms with E-state index in [-0.39, 0.29) is 24.2 Å². The van der Waals surface area contributed by atoms with Crippen molar-refractivity contribution in [2.24, 2.45) is 0 Å². The molecule has 2 N–H and O–H groups in total. The predicted molar refractivity (Wildman–Crippen MR) is 109 cm³/mol. The van der Waals surface area contributed by atoms with Gasteiger partial charge in [0.1, 0.15) is 11.4 Å². The maximum Gasteiger partial charge on any atom is 0.340 e. The fraction of sp³-hybridized carbons (Fsp3) is 0.455. The van der Waals surface area contributed by atoms with E-state index in [9.17, 15) is 9.59 Å². The molecule has 152 valence electrons. The average Bonchev–Trinajstić information content (AvgIpc) is 2.88. The summed E-state index contributed by atoms with van der Waals surface area (Å²) in [6.45, 7) is 12.9. The smallest absolute Gasteiger partial charge is 0.340 e. The van der Waals surface area contributed by atoms with E-state index in [1.54, 1.807) is 27.7 Å². The molecule has 28 heavy (non-hydrogen) atoms. The Morgan fingerprint density at radius 1 is 1.04 bits per heavy atom. The van der Waals surface area contributed by atoms with Crippen molar-refractivity contribution in [3.63, 3.8) is 0 Å². The summed E-state index contributed by atoms with van der Waals surface area (Å²) < 4.78 is 11.0. The van der Waals surface area contributed by atoms with Crippen LogP contribution in [0.1, 0.15) is 78.3 Å². The molecule has 0 saturated carbocycles. The van der Waals surface area contributed by atoms with Crippen LogP contribution in [0.4, 0.5) is 0 Å². The van der Waals surface area contributed by atoms with Gasteiger partial charge in [0.2, 0.25) is 0 Å². The van der Waals surface area contributed by atoms with Gasteiger partial charge < -0.3 is 19.8 Å². The number of aryl methyl sites for hydroxylation is 1. The Morgan fingerprint density at radius 2 is 1.71 bits per heavy atom. The molecule has 1 aromatic carbocycles. The Balaban J connectivity index is 2.18. The number of aromatic amines is 1. The van der Waals surface area contributed by atoms with Crippen LogP contribution in [-0.4, -0.2) is 29.1 Å². The normalized spacial score (nSPS) is 12.2. The summed E-state index contributed by atoms with van der Waals surface area (Å²) in [5.74, 6) is 0.0676. The highest BCUT2D eigenvalue weighted by Crippen LogP contribution is 2.23. The van der Waals surface area contributed by atoms with Crippen molar-refractivity contribution >= 4 is 11.9 Å². The fourth-order valence-electron chi connectivity index (χ4n) is 3.04. The highest BCUT2D eigenvalue weighted by molar-refractivity contribution is 6.00. The predicted octanol–water partition coefficient (Wildman–Crippen LogP) is 4.47. The Bertz CT molecular complexity index is 852. The third-order valence-electron chi connectivity index (χ3n) is 4.29. The monoisotopic (exact) mass is 386 g/mol. The molecule has 0 aliphatic carbocycles. The van der Waals surface area contributed by atoms with Gasteiger partial charge in [0, 0.05) is 5.69 Å². The molecule has 0 saturated heterocycles. The zero-order valence-corrected chi connectivity index (χ0v) is 17.7. The van der Waals surface area contributed by atoms with Crippen molar-refractivity contribution in [3.05, 3.63) is 52.3 Å². The lowest BCUT2D eigenvalue weighted by molar-refractivity contribution is 0.0376. The first-order chi connectivity index (χ1) is 13.1. The summed E-state index contributed by atoms with van der Waals surface area (Å²) >= 11 is 0. The molecule has 0 radical (unpaired) electrons. The van der Waals surface area contributed by atoms with E-state index in [0.29, 0.717) is 22.5 Å². The Kier molecular flexibility index (Phi) is 6.89. The topological polar surface area (TPSA) is 80.4 Å². The first-order valence-electron chi connectivity index (χ1n) is 9.57. The minimum Gasteiger partial charge on any atom is -0.491 e. The van der Waals surface area contributed by atoms with E-state index >= 15 is 0 Å². The SMILES string of the molecule is Cc1[nH]c(C(=O)NC(C)c2cccc(OC(C)C)c2)c(C)c1C(=O)OC(C)C. The second kappa shape index (κ2) is 8.95. The van der Waals surface area contributed by atoms with Gasteiger partial charge in [-0.3, -0.25) is 4.79 Å². The Hall–Kier alpha value is -2.76. The summed E-state index contributed by atoms with van der Waals surface area (Å²) in [5, 5.41) is 2.98. The van der Waals surface area contributed by atoms with Gasteiger partial charge in [0.05, 0.1) is 23.8 Å². The molecule has 0 aliphatic rings. The van der Waals surface area contributed by atoms with Crippen LogP contribution in [0.15, 0.2) is 24.3 Å². The van der Waals surface area contributed by atoms with Gasteiger partial charge in [-0.05, 0) is 71.7 Å². The Morgan fingerprint density at radius 3 is 2.32 bits per heavy atom. The van der Waals surface area contributed by atoms with Gasteiger partial charge in [0.15, 0.2) is 0 Å². The van der Waals surface area contributed by atoms with Crippen molar-refractivity contribution in [1.82, 2.24) is 10.3 Å². The first kappa shape index (κ1) is 21.5. The van der Waals surface area contributed by atoms with Gasteiger partial charge in [-0.25, -0.2) is 4.79 Å². The summed E-state index contributed by atoms with van der Waals surface area (Å²) in [6, 6.07) is 7.43. The fourth-order valence-corrected chi connectivity index (χ4v) is 3.04. The molecule has 1 unspecified atom stereocenters. The van der Waals surface area contributed by atoms with Crippen LogP contribution in [-0.2, 0) is 4.74 Å². The van der Waals surface area contributed by atoms with E-state index in [1.807, 2.05) is 45.0 Å². The second-order valence-corrected chi connectivity index (χ2v) is 7.51. The lowest BCUT2D eigenvalue weighted by atomic mass is 10.1. The number of hydrogen-bond donors (Lipinski definition) is 2. The summed E-state index contributed by atoms with van der Waals surface area (Å²) in [7, 11) is 0. The number of esters is 1. The van der Waals surface area contributed by atoms with Gasteiger partial charge >= 0.3 is 5.97 Å². The van der Waals surface area contributed by atoms with E-state index in [2.05, 4.69) is 10.3 Å². The molecule has 0 bridgehead atoms. The van der Waals surface area contributed by atoms with Gasteiger partial charge in [-0.2, -0.15) is 0 Å². The van der Waals surface area contributed by atoms with Crippen LogP contribution in [0.3, 0.4) is 0 Å². The summed E-state index contributed by atoms with van der Waals surface area (Å²) in [4.78, 5) is 28.1. The van der Waals surface area contributed by atoms with Gasteiger partial charge in [0.25, 0.3) is 5.91 Å². The zero-order valence-electron chi connectivity index (χ0n) is 17.7. The second-order valence-electron chi connectivity index (χ2n) is 7.51. The van der Waals surface area contributed by atoms with Crippen LogP contribution < -0.4 is 10.1 Å². The summed E-state index contributed by atoms with van der Waals surface area (Å²) in [5.41, 5.74) is 2.93. The van der Waals surface area contributed by atoms with E-state index in [0.717, 1.165) is 11.3 Å². The van der Waals surface area contributed by atoms with Gasteiger partial charge in [-0.15, -0.1) is 0 Å². The van der Waals surface area contributed by atoms with E-state index in [1.165, 1.54) is 0 Å². The first-order valence-corrected chi connectivity index (χ1v) is 9.57. The number of carbonyl (C=O) groups excluding carboxylic acids is 2. The lowest BCUT2D eigenvalue weighted by Crippen LogP contribution is -2.27. The molecule has 0 fully saturated rings. The largest absolute Gasteiger partial charge is 0.491 e. The number of hydrogen-bond acceptors (Lipinski definition) is 4. The van der Waals surface area contributed by atoms with E-state index in [4.69, 9.17) is 9.47 Å². The number of ether oxygens (including phenoxy) is 2. The molecule has 2 rings (SSSR count). The number of rotatable bonds is 7. The van der Waals surface area contributed by atoms with Crippen LogP contribution in [0.5, 0.6) is 5.75 Å². The average molecular weight is 386 g/mol. The molecule has 6 heteroatoms. The number of aromatic nitrogens is 1. The third-order valence-corrected chi connectivity index (χ3v) is 4.29. The highest BCUT2D eigenvalue weighted by atomic mass is 16.5. The number of H-pyrrole nitrogens is 1. The van der Waals surface area contributed by atoms with Crippen molar-refractivity contribution in [3.8, 4) is 5.75 Å². The minimum absolute atomic E-state index is 0.0775. The van der Waals surface area contributed by atoms with Crippen molar-refractivity contribution in [2.45, 2.75) is 66.7 Å². The van der Waals surface area contributed by atoms with Crippen LogP contribution >= 0.6 is 0 Å². The molecule has 1 amide bonds. The van der Waals surface area contributed by atoms with Crippen molar-refractivity contribution in [2.75, 3.05) is 0 Å².